The highest BCUT2D eigenvalue weighted by Crippen LogP contribution is 3.05. The van der Waals surface area contributed by atoms with Gasteiger partial charge >= 0.3 is 0 Å². The average molecular weight is 278 g/mol. The summed E-state index contributed by atoms with van der Waals surface area (Å²) in [5.74, 6) is 0. The van der Waals surface area contributed by atoms with Gasteiger partial charge in [0.1, 0.15) is 0 Å². The second-order valence-corrected chi connectivity index (χ2v) is 33.9. The van der Waals surface area contributed by atoms with E-state index in [0.29, 0.717) is 0 Å². The zero-order valence-electron chi connectivity index (χ0n) is 11.1. The summed E-state index contributed by atoms with van der Waals surface area (Å²) >= 11 is 0. The summed E-state index contributed by atoms with van der Waals surface area (Å²) < 4.78 is 11.4. The van der Waals surface area contributed by atoms with Gasteiger partial charge in [0, 0.05) is 0 Å². The van der Waals surface area contributed by atoms with Crippen LogP contribution in [0.4, 0.5) is 0 Å². The fourth-order valence-electron chi connectivity index (χ4n) is 2.01. The minimum atomic E-state index is -2.02. The van der Waals surface area contributed by atoms with E-state index in [1.54, 1.807) is 0 Å². The lowest BCUT2D eigenvalue weighted by atomic mass is 11.9. The molecule has 0 aliphatic carbocycles. The lowest BCUT2D eigenvalue weighted by molar-refractivity contribution is 0.600. The van der Waals surface area contributed by atoms with Crippen LogP contribution in [0.15, 0.2) is 0 Å². The van der Waals surface area contributed by atoms with E-state index in [2.05, 4.69) is 56.3 Å². The van der Waals surface area contributed by atoms with Gasteiger partial charge in [-0.1, -0.05) is 0 Å². The second kappa shape index (κ2) is 3.94. The summed E-state index contributed by atoms with van der Waals surface area (Å²) in [6, 6.07) is 0. The third kappa shape index (κ3) is 2.50. The van der Waals surface area contributed by atoms with E-state index in [0.717, 1.165) is 0 Å². The first-order valence-electron chi connectivity index (χ1n) is 4.40. The van der Waals surface area contributed by atoms with E-state index in [1.807, 2.05) is 0 Å². The van der Waals surface area contributed by atoms with Gasteiger partial charge < -0.3 is 0 Å². The Balaban J connectivity index is 5.69. The highest BCUT2D eigenvalue weighted by molar-refractivity contribution is 9.33. The van der Waals surface area contributed by atoms with Crippen molar-refractivity contribution in [1.29, 1.82) is 0 Å². The molecule has 92 valence electrons. The summed E-state index contributed by atoms with van der Waals surface area (Å²) in [5.41, 5.74) is 0. The molecule has 0 aliphatic heterocycles. The van der Waals surface area contributed by atoms with Crippen LogP contribution in [0.1, 0.15) is 0 Å². The number of rotatable bonds is 3. The van der Waals surface area contributed by atoms with Crippen LogP contribution in [0.25, 0.3) is 0 Å². The van der Waals surface area contributed by atoms with Gasteiger partial charge in [-0.25, -0.2) is 0 Å². The standard InChI is InChI=1S/C9H27OPS3/c1-12(2,3)11(10,13(4,5)6)14(7,8)9/h1-9H3. The largest absolute Gasteiger partial charge is 0.293 e. The zero-order chi connectivity index (χ0) is 12.0. The van der Waals surface area contributed by atoms with E-state index in [9.17, 15) is 4.57 Å². The number of hydrogen-bond acceptors (Lipinski definition) is 1. The third-order valence-electron chi connectivity index (χ3n) is 2.01. The van der Waals surface area contributed by atoms with Crippen molar-refractivity contribution in [1.82, 2.24) is 0 Å². The maximum atomic E-state index is 13.4. The fourth-order valence-corrected chi connectivity index (χ4v) is 54.3. The molecule has 0 spiro atoms. The SMILES string of the molecule is CS(C)(C)P(=O)(S(C)(C)C)S(C)(C)C. The summed E-state index contributed by atoms with van der Waals surface area (Å²) in [7, 11) is -2.85. The second-order valence-electron chi connectivity index (χ2n) is 5.76. The molecule has 0 bridgehead atoms. The number of hydrogen-bond donors (Lipinski definition) is 0. The van der Waals surface area contributed by atoms with Crippen molar-refractivity contribution in [2.24, 2.45) is 0 Å². The minimum absolute atomic E-state index is 0.950. The maximum Gasteiger partial charge on any atom is 0.192 e. The molecule has 0 heterocycles. The van der Waals surface area contributed by atoms with Crippen LogP contribution in [-0.2, 0) is 4.57 Å². The van der Waals surface area contributed by atoms with Gasteiger partial charge in [-0.2, -0.15) is 28.9 Å². The van der Waals surface area contributed by atoms with Crippen molar-refractivity contribution in [3.05, 3.63) is 0 Å². The van der Waals surface area contributed by atoms with Crippen LogP contribution >= 0.6 is 33.7 Å². The molecule has 5 heteroatoms. The van der Waals surface area contributed by atoms with Crippen molar-refractivity contribution in [3.63, 3.8) is 0 Å². The molecule has 0 atom stereocenters. The van der Waals surface area contributed by atoms with Crippen molar-refractivity contribution in [3.8, 4) is 0 Å². The van der Waals surface area contributed by atoms with E-state index in [-0.39, 0.29) is 0 Å². The Labute approximate surface area is 94.4 Å². The monoisotopic (exact) mass is 278 g/mol. The van der Waals surface area contributed by atoms with Crippen LogP contribution in [0, 0.1) is 0 Å². The Morgan fingerprint density at radius 3 is 0.714 bits per heavy atom. The van der Waals surface area contributed by atoms with Crippen LogP contribution in [0.3, 0.4) is 0 Å². The fraction of sp³-hybridized carbons (Fsp3) is 1.00. The highest BCUT2D eigenvalue weighted by Gasteiger charge is 2.47. The molecule has 0 amide bonds. The molecule has 0 aromatic heterocycles. The molecule has 0 radical (unpaired) electrons. The van der Waals surface area contributed by atoms with Gasteiger partial charge in [0.15, 0.2) is 4.75 Å². The quantitative estimate of drug-likeness (QED) is 0.708. The maximum absolute atomic E-state index is 13.4. The molecule has 0 saturated heterocycles. The molecule has 0 unspecified atom stereocenters. The molecule has 0 rings (SSSR count). The normalized spacial score (nSPS) is 19.2. The van der Waals surface area contributed by atoms with Gasteiger partial charge in [-0.05, 0) is 56.3 Å². The molecule has 0 aromatic carbocycles. The summed E-state index contributed by atoms with van der Waals surface area (Å²) in [4.78, 5) is 0. The summed E-state index contributed by atoms with van der Waals surface area (Å²) in [6.45, 7) is 0. The van der Waals surface area contributed by atoms with Gasteiger partial charge in [-0.15, -0.1) is 0 Å². The first-order valence-corrected chi connectivity index (χ1v) is 16.5. The summed E-state index contributed by atoms with van der Waals surface area (Å²) in [6.07, 6.45) is 20.0. The van der Waals surface area contributed by atoms with Crippen molar-refractivity contribution in [2.75, 3.05) is 56.3 Å². The zero-order valence-corrected chi connectivity index (χ0v) is 14.4. The van der Waals surface area contributed by atoms with Crippen molar-refractivity contribution < 1.29 is 4.57 Å². The molecule has 0 N–H and O–H groups in total. The molecular weight excluding hydrogens is 251 g/mol. The van der Waals surface area contributed by atoms with E-state index in [4.69, 9.17) is 0 Å². The first kappa shape index (κ1) is 15.3. The van der Waals surface area contributed by atoms with Gasteiger partial charge in [0.25, 0.3) is 0 Å². The van der Waals surface area contributed by atoms with E-state index >= 15 is 0 Å². The van der Waals surface area contributed by atoms with Crippen molar-refractivity contribution >= 4 is 33.7 Å². The molecular formula is C9H27OPS3. The Bertz CT molecular complexity index is 212. The lowest BCUT2D eigenvalue weighted by Crippen LogP contribution is -2.07. The van der Waals surface area contributed by atoms with Crippen LogP contribution in [0.2, 0.25) is 0 Å². The Hall–Kier alpha value is 1.28. The van der Waals surface area contributed by atoms with Gasteiger partial charge in [0.05, 0.1) is 0 Å². The van der Waals surface area contributed by atoms with Crippen LogP contribution < -0.4 is 0 Å². The average Bonchev–Trinajstić information content (AvgIpc) is 1.77. The van der Waals surface area contributed by atoms with Crippen LogP contribution in [0.5, 0.6) is 0 Å². The third-order valence-corrected chi connectivity index (χ3v) is 42.3. The predicted octanol–water partition coefficient (Wildman–Crippen LogP) is 4.18. The van der Waals surface area contributed by atoms with E-state index < -0.39 is 33.7 Å². The Kier molecular flexibility index (Phi) is 4.30. The highest BCUT2D eigenvalue weighted by atomic mass is 33.4. The van der Waals surface area contributed by atoms with Crippen molar-refractivity contribution in [2.45, 2.75) is 0 Å². The Morgan fingerprint density at radius 1 is 0.571 bits per heavy atom. The van der Waals surface area contributed by atoms with Gasteiger partial charge in [0.2, 0.25) is 0 Å². The molecule has 0 aliphatic rings. The van der Waals surface area contributed by atoms with Gasteiger partial charge in [-0.3, -0.25) is 4.57 Å². The van der Waals surface area contributed by atoms with E-state index in [1.165, 1.54) is 0 Å². The smallest absolute Gasteiger partial charge is 0.192 e. The first-order chi connectivity index (χ1) is 5.75. The molecule has 0 saturated carbocycles. The topological polar surface area (TPSA) is 17.1 Å². The predicted molar refractivity (Wildman–Crippen MR) is 83.7 cm³/mol. The minimum Gasteiger partial charge on any atom is -0.293 e. The molecule has 0 aromatic rings. The summed E-state index contributed by atoms with van der Waals surface area (Å²) in [5, 5.41) is 0. The Morgan fingerprint density at radius 2 is 0.714 bits per heavy atom. The molecule has 14 heavy (non-hydrogen) atoms. The molecule has 1 nitrogen and oxygen atoms in total. The lowest BCUT2D eigenvalue weighted by Gasteiger charge is -2.55. The van der Waals surface area contributed by atoms with Crippen LogP contribution in [-0.4, -0.2) is 56.3 Å². The molecule has 0 fully saturated rings.